The number of hydrogen-bond acceptors (Lipinski definition) is 6. The summed E-state index contributed by atoms with van der Waals surface area (Å²) in [4.78, 5) is 4.53. The highest BCUT2D eigenvalue weighted by Gasteiger charge is 2.26. The monoisotopic (exact) mass is 404 g/mol. The van der Waals surface area contributed by atoms with Crippen LogP contribution in [-0.2, 0) is 10.0 Å². The molecule has 0 spiro atoms. The van der Waals surface area contributed by atoms with Gasteiger partial charge in [-0.25, -0.2) is 8.42 Å². The van der Waals surface area contributed by atoms with Gasteiger partial charge >= 0.3 is 0 Å². The first-order chi connectivity index (χ1) is 13.5. The average molecular weight is 404 g/mol. The quantitative estimate of drug-likeness (QED) is 0.746. The molecule has 7 nitrogen and oxygen atoms in total. The standard InChI is InChI=1S/C20H24N2O5S/c1-26-16-6-8-19(23)15(12-16)14-21-18-13-17(7-9-20(18)27-2)28(24,25)22-10-4-3-5-11-22/h6-9,12-14,23H,3-5,10-11H2,1-2H3. The molecule has 0 aromatic heterocycles. The summed E-state index contributed by atoms with van der Waals surface area (Å²) in [6.45, 7) is 1.06. The Morgan fingerprint density at radius 1 is 1.04 bits per heavy atom. The summed E-state index contributed by atoms with van der Waals surface area (Å²) in [7, 11) is -0.548. The fourth-order valence-electron chi connectivity index (χ4n) is 3.09. The molecule has 8 heteroatoms. The van der Waals surface area contributed by atoms with Crippen molar-refractivity contribution in [3.63, 3.8) is 0 Å². The van der Waals surface area contributed by atoms with Gasteiger partial charge in [0.15, 0.2) is 0 Å². The van der Waals surface area contributed by atoms with E-state index in [1.807, 2.05) is 0 Å². The maximum atomic E-state index is 12.9. The number of benzene rings is 2. The van der Waals surface area contributed by atoms with Gasteiger partial charge in [0.25, 0.3) is 0 Å². The zero-order valence-corrected chi connectivity index (χ0v) is 16.8. The number of phenolic OH excluding ortho intramolecular Hbond substituents is 1. The van der Waals surface area contributed by atoms with Crippen molar-refractivity contribution >= 4 is 21.9 Å². The van der Waals surface area contributed by atoms with Crippen molar-refractivity contribution < 1.29 is 23.0 Å². The van der Waals surface area contributed by atoms with E-state index in [0.717, 1.165) is 19.3 Å². The number of phenols is 1. The van der Waals surface area contributed by atoms with Crippen molar-refractivity contribution in [2.75, 3.05) is 27.3 Å². The Morgan fingerprint density at radius 2 is 1.79 bits per heavy atom. The molecule has 3 rings (SSSR count). The number of methoxy groups -OCH3 is 2. The van der Waals surface area contributed by atoms with E-state index < -0.39 is 10.0 Å². The van der Waals surface area contributed by atoms with Gasteiger partial charge in [-0.2, -0.15) is 4.31 Å². The van der Waals surface area contributed by atoms with Gasteiger partial charge in [0, 0.05) is 24.9 Å². The van der Waals surface area contributed by atoms with Gasteiger partial charge < -0.3 is 14.6 Å². The Bertz CT molecular complexity index is 967. The summed E-state index contributed by atoms with van der Waals surface area (Å²) >= 11 is 0. The van der Waals surface area contributed by atoms with Gasteiger partial charge in [0.1, 0.15) is 22.9 Å². The lowest BCUT2D eigenvalue weighted by molar-refractivity contribution is 0.346. The molecule has 2 aromatic rings. The van der Waals surface area contributed by atoms with Crippen LogP contribution in [0.3, 0.4) is 0 Å². The normalized spacial score (nSPS) is 15.6. The van der Waals surface area contributed by atoms with E-state index in [9.17, 15) is 13.5 Å². The predicted molar refractivity (Wildman–Crippen MR) is 108 cm³/mol. The van der Waals surface area contributed by atoms with Crippen molar-refractivity contribution in [3.05, 3.63) is 42.0 Å². The van der Waals surface area contributed by atoms with E-state index in [1.165, 1.54) is 42.9 Å². The Hall–Kier alpha value is -2.58. The number of aromatic hydroxyl groups is 1. The third kappa shape index (κ3) is 4.28. The van der Waals surface area contributed by atoms with Crippen molar-refractivity contribution in [1.29, 1.82) is 0 Å². The Balaban J connectivity index is 1.96. The molecule has 1 fully saturated rings. The molecule has 0 saturated carbocycles. The largest absolute Gasteiger partial charge is 0.507 e. The number of aliphatic imine (C=N–C) groups is 1. The van der Waals surface area contributed by atoms with Crippen LogP contribution in [0.1, 0.15) is 24.8 Å². The summed E-state index contributed by atoms with van der Waals surface area (Å²) in [6.07, 6.45) is 4.24. The molecule has 0 atom stereocenters. The molecule has 1 aliphatic rings. The number of rotatable bonds is 6. The Labute approximate surface area is 165 Å². The minimum absolute atomic E-state index is 0.0422. The molecule has 0 aliphatic carbocycles. The van der Waals surface area contributed by atoms with Gasteiger partial charge in [0.05, 0.1) is 19.1 Å². The number of hydrogen-bond donors (Lipinski definition) is 1. The zero-order chi connectivity index (χ0) is 20.1. The number of piperidine rings is 1. The molecule has 2 aromatic carbocycles. The van der Waals surface area contributed by atoms with E-state index in [-0.39, 0.29) is 10.6 Å². The zero-order valence-electron chi connectivity index (χ0n) is 16.0. The van der Waals surface area contributed by atoms with Crippen LogP contribution in [0.4, 0.5) is 5.69 Å². The molecule has 0 radical (unpaired) electrons. The van der Waals surface area contributed by atoms with Crippen LogP contribution in [-0.4, -0.2) is 51.4 Å². The highest BCUT2D eigenvalue weighted by Crippen LogP contribution is 2.32. The van der Waals surface area contributed by atoms with Gasteiger partial charge in [0.2, 0.25) is 10.0 Å². The van der Waals surface area contributed by atoms with Crippen molar-refractivity contribution in [2.24, 2.45) is 4.99 Å². The van der Waals surface area contributed by atoms with Crippen molar-refractivity contribution in [3.8, 4) is 17.2 Å². The SMILES string of the molecule is COc1ccc(O)c(C=Nc2cc(S(=O)(=O)N3CCCCC3)ccc2OC)c1. The number of sulfonamides is 1. The van der Waals surface area contributed by atoms with Gasteiger partial charge in [-0.3, -0.25) is 4.99 Å². The van der Waals surface area contributed by atoms with Gasteiger partial charge in [-0.05, 0) is 49.2 Å². The van der Waals surface area contributed by atoms with Crippen molar-refractivity contribution in [1.82, 2.24) is 4.31 Å². The highest BCUT2D eigenvalue weighted by molar-refractivity contribution is 7.89. The van der Waals surface area contributed by atoms with E-state index in [4.69, 9.17) is 9.47 Å². The molecule has 28 heavy (non-hydrogen) atoms. The summed E-state index contributed by atoms with van der Waals surface area (Å²) in [6, 6.07) is 9.41. The molecule has 1 aliphatic heterocycles. The lowest BCUT2D eigenvalue weighted by atomic mass is 10.2. The highest BCUT2D eigenvalue weighted by atomic mass is 32.2. The lowest BCUT2D eigenvalue weighted by Gasteiger charge is -2.26. The minimum Gasteiger partial charge on any atom is -0.507 e. The van der Waals surface area contributed by atoms with E-state index >= 15 is 0 Å². The smallest absolute Gasteiger partial charge is 0.243 e. The van der Waals surface area contributed by atoms with E-state index in [2.05, 4.69) is 4.99 Å². The molecule has 0 amide bonds. The third-order valence-corrected chi connectivity index (χ3v) is 6.58. The summed E-state index contributed by atoms with van der Waals surface area (Å²) in [5.41, 5.74) is 0.813. The molecule has 1 saturated heterocycles. The van der Waals surface area contributed by atoms with Crippen LogP contribution in [0.5, 0.6) is 17.2 Å². The molecule has 0 unspecified atom stereocenters. The first-order valence-electron chi connectivity index (χ1n) is 9.05. The fraction of sp³-hybridized carbons (Fsp3) is 0.350. The van der Waals surface area contributed by atoms with Crippen LogP contribution in [0, 0.1) is 0 Å². The van der Waals surface area contributed by atoms with Crippen LogP contribution in [0.15, 0.2) is 46.3 Å². The van der Waals surface area contributed by atoms with Gasteiger partial charge in [-0.15, -0.1) is 0 Å². The second kappa shape index (κ2) is 8.62. The van der Waals surface area contributed by atoms with Crippen LogP contribution < -0.4 is 9.47 Å². The topological polar surface area (TPSA) is 88.4 Å². The first-order valence-corrected chi connectivity index (χ1v) is 10.5. The molecular weight excluding hydrogens is 380 g/mol. The maximum absolute atomic E-state index is 12.9. The van der Waals surface area contributed by atoms with Gasteiger partial charge in [-0.1, -0.05) is 6.42 Å². The summed E-state index contributed by atoms with van der Waals surface area (Å²) in [5, 5.41) is 10.0. The molecule has 0 bridgehead atoms. The minimum atomic E-state index is -3.58. The van der Waals surface area contributed by atoms with Crippen LogP contribution in [0.2, 0.25) is 0 Å². The Kier molecular flexibility index (Phi) is 6.21. The second-order valence-electron chi connectivity index (χ2n) is 6.48. The average Bonchev–Trinajstić information content (AvgIpc) is 2.73. The summed E-state index contributed by atoms with van der Waals surface area (Å²) in [5.74, 6) is 1.06. The van der Waals surface area contributed by atoms with Crippen molar-refractivity contribution in [2.45, 2.75) is 24.2 Å². The maximum Gasteiger partial charge on any atom is 0.243 e. The number of nitrogens with zero attached hydrogens (tertiary/aromatic N) is 2. The molecule has 1 N–H and O–H groups in total. The van der Waals surface area contributed by atoms with E-state index in [0.29, 0.717) is 35.8 Å². The number of ether oxygens (including phenoxy) is 2. The lowest BCUT2D eigenvalue weighted by Crippen LogP contribution is -2.35. The second-order valence-corrected chi connectivity index (χ2v) is 8.42. The fourth-order valence-corrected chi connectivity index (χ4v) is 4.63. The predicted octanol–water partition coefficient (Wildman–Crippen LogP) is 3.33. The first kappa shape index (κ1) is 20.2. The van der Waals surface area contributed by atoms with Crippen LogP contribution in [0.25, 0.3) is 0 Å². The molecular formula is C20H24N2O5S. The van der Waals surface area contributed by atoms with Crippen LogP contribution >= 0.6 is 0 Å². The van der Waals surface area contributed by atoms with E-state index in [1.54, 1.807) is 18.2 Å². The molecule has 150 valence electrons. The Morgan fingerprint density at radius 3 is 2.46 bits per heavy atom. The third-order valence-electron chi connectivity index (χ3n) is 4.68. The molecule has 1 heterocycles. The summed E-state index contributed by atoms with van der Waals surface area (Å²) < 4.78 is 37.8.